The zero-order chi connectivity index (χ0) is 24.9. The highest BCUT2D eigenvalue weighted by Crippen LogP contribution is 2.30. The highest BCUT2D eigenvalue weighted by atomic mass is 28.3. The van der Waals surface area contributed by atoms with Crippen LogP contribution in [0.2, 0.25) is 25.7 Å². The second kappa shape index (κ2) is 10.6. The predicted octanol–water partition coefficient (Wildman–Crippen LogP) is 5.77. The third-order valence-electron chi connectivity index (χ3n) is 4.75. The first-order chi connectivity index (χ1) is 15.9. The fourth-order valence-electron chi connectivity index (χ4n) is 2.86. The number of pyridine rings is 2. The summed E-state index contributed by atoms with van der Waals surface area (Å²) in [6.07, 6.45) is -1.56. The van der Waals surface area contributed by atoms with Gasteiger partial charge in [-0.1, -0.05) is 33.5 Å². The summed E-state index contributed by atoms with van der Waals surface area (Å²) in [7, 11) is -1.35. The highest BCUT2D eigenvalue weighted by Gasteiger charge is 2.38. The number of ether oxygens (including phenoxy) is 2. The molecule has 0 aromatic carbocycles. The highest BCUT2D eigenvalue weighted by molar-refractivity contribution is 6.76. The van der Waals surface area contributed by atoms with Crippen LogP contribution in [-0.2, 0) is 17.6 Å². The molecule has 0 aliphatic carbocycles. The molecule has 0 N–H and O–H groups in total. The van der Waals surface area contributed by atoms with Gasteiger partial charge in [0.25, 0.3) is 0 Å². The van der Waals surface area contributed by atoms with Crippen molar-refractivity contribution in [1.29, 1.82) is 0 Å². The standard InChI is InChI=1S/C23H30F3N5O2Si/c1-16(2)14-33-20-9-7-17(12-28-20)19-8-6-18(13-27-19)21-29-22(23(24,25)26)31(30-21)15-32-10-11-34(3,4)5/h6-9,12-13,16H,10-11,14-15H2,1-5H3. The average molecular weight is 494 g/mol. The van der Waals surface area contributed by atoms with E-state index >= 15 is 0 Å². The normalized spacial score (nSPS) is 12.4. The van der Waals surface area contributed by atoms with Crippen LogP contribution in [0, 0.1) is 5.92 Å². The summed E-state index contributed by atoms with van der Waals surface area (Å²) in [5.41, 5.74) is 1.76. The molecule has 0 fully saturated rings. The van der Waals surface area contributed by atoms with Crippen molar-refractivity contribution < 1.29 is 22.6 Å². The molecule has 11 heteroatoms. The molecular formula is C23H30F3N5O2Si. The molecule has 0 aliphatic heterocycles. The minimum absolute atomic E-state index is 0.0595. The number of rotatable bonds is 10. The summed E-state index contributed by atoms with van der Waals surface area (Å²) >= 11 is 0. The molecule has 3 aromatic rings. The summed E-state index contributed by atoms with van der Waals surface area (Å²) in [5, 5.41) is 4.03. The Hall–Kier alpha value is -2.79. The molecule has 0 atom stereocenters. The number of hydrogen-bond donors (Lipinski definition) is 0. The molecular weight excluding hydrogens is 463 g/mol. The maximum atomic E-state index is 13.5. The number of aromatic nitrogens is 5. The van der Waals surface area contributed by atoms with Crippen molar-refractivity contribution in [2.45, 2.75) is 52.4 Å². The molecule has 0 bridgehead atoms. The van der Waals surface area contributed by atoms with E-state index in [-0.39, 0.29) is 12.6 Å². The summed E-state index contributed by atoms with van der Waals surface area (Å²) in [6, 6.07) is 7.77. The maximum Gasteiger partial charge on any atom is 0.451 e. The van der Waals surface area contributed by atoms with Crippen molar-refractivity contribution in [3.63, 3.8) is 0 Å². The van der Waals surface area contributed by atoms with Gasteiger partial charge in [-0.2, -0.15) is 13.2 Å². The Kier molecular flexibility index (Phi) is 8.08. The van der Waals surface area contributed by atoms with E-state index in [2.05, 4.69) is 53.5 Å². The SMILES string of the molecule is CC(C)COc1ccc(-c2ccc(-c3nc(C(F)(F)F)n(COCC[Si](C)(C)C)n3)cn2)cn1. The van der Waals surface area contributed by atoms with Crippen LogP contribution in [-0.4, -0.2) is 46.0 Å². The third-order valence-corrected chi connectivity index (χ3v) is 6.46. The van der Waals surface area contributed by atoms with Crippen molar-refractivity contribution in [3.8, 4) is 28.5 Å². The number of halogens is 3. The minimum atomic E-state index is -4.65. The van der Waals surface area contributed by atoms with Gasteiger partial charge in [0.1, 0.15) is 6.73 Å². The molecule has 0 saturated carbocycles. The van der Waals surface area contributed by atoms with Crippen LogP contribution >= 0.6 is 0 Å². The largest absolute Gasteiger partial charge is 0.477 e. The van der Waals surface area contributed by atoms with Gasteiger partial charge in [-0.3, -0.25) is 4.98 Å². The van der Waals surface area contributed by atoms with Crippen LogP contribution in [0.4, 0.5) is 13.2 Å². The molecule has 0 spiro atoms. The minimum Gasteiger partial charge on any atom is -0.477 e. The zero-order valence-corrected chi connectivity index (χ0v) is 21.1. The van der Waals surface area contributed by atoms with E-state index in [1.54, 1.807) is 24.4 Å². The summed E-state index contributed by atoms with van der Waals surface area (Å²) < 4.78 is 52.3. The van der Waals surface area contributed by atoms with Gasteiger partial charge in [0, 0.05) is 44.3 Å². The van der Waals surface area contributed by atoms with Gasteiger partial charge in [0.05, 0.1) is 12.3 Å². The average Bonchev–Trinajstić information content (AvgIpc) is 3.20. The lowest BCUT2D eigenvalue weighted by Gasteiger charge is -2.15. The van der Waals surface area contributed by atoms with Crippen LogP contribution in [0.5, 0.6) is 5.88 Å². The molecule has 0 aliphatic rings. The second-order valence-corrected chi connectivity index (χ2v) is 15.2. The molecule has 3 rings (SSSR count). The molecule has 34 heavy (non-hydrogen) atoms. The van der Waals surface area contributed by atoms with Gasteiger partial charge in [-0.15, -0.1) is 5.10 Å². The topological polar surface area (TPSA) is 75.0 Å². The lowest BCUT2D eigenvalue weighted by Crippen LogP contribution is -2.23. The van der Waals surface area contributed by atoms with Gasteiger partial charge in [-0.05, 0) is 30.2 Å². The van der Waals surface area contributed by atoms with E-state index in [1.165, 1.54) is 6.20 Å². The molecule has 184 valence electrons. The summed E-state index contributed by atoms with van der Waals surface area (Å²) in [6.45, 7) is 11.3. The van der Waals surface area contributed by atoms with E-state index in [9.17, 15) is 13.2 Å². The predicted molar refractivity (Wildman–Crippen MR) is 126 cm³/mol. The molecule has 0 radical (unpaired) electrons. The smallest absolute Gasteiger partial charge is 0.451 e. The molecule has 7 nitrogen and oxygen atoms in total. The fraction of sp³-hybridized carbons (Fsp3) is 0.478. The van der Waals surface area contributed by atoms with Gasteiger partial charge in [0.15, 0.2) is 5.82 Å². The summed E-state index contributed by atoms with van der Waals surface area (Å²) in [4.78, 5) is 12.3. The Balaban J connectivity index is 1.73. The first-order valence-corrected chi connectivity index (χ1v) is 14.8. The molecule has 3 heterocycles. The van der Waals surface area contributed by atoms with E-state index in [0.717, 1.165) is 16.3 Å². The van der Waals surface area contributed by atoms with Crippen LogP contribution in [0.25, 0.3) is 22.6 Å². The number of nitrogens with zero attached hydrogens (tertiary/aromatic N) is 5. The molecule has 3 aromatic heterocycles. The van der Waals surface area contributed by atoms with Crippen molar-refractivity contribution in [3.05, 3.63) is 42.5 Å². The number of alkyl halides is 3. The molecule has 0 amide bonds. The quantitative estimate of drug-likeness (QED) is 0.264. The Labute approximate surface area is 198 Å². The monoisotopic (exact) mass is 493 g/mol. The maximum absolute atomic E-state index is 13.5. The van der Waals surface area contributed by atoms with E-state index in [1.807, 2.05) is 6.07 Å². The van der Waals surface area contributed by atoms with Crippen LogP contribution in [0.15, 0.2) is 36.7 Å². The Morgan fingerprint density at radius 3 is 2.26 bits per heavy atom. The van der Waals surface area contributed by atoms with Crippen molar-refractivity contribution in [1.82, 2.24) is 24.7 Å². The second-order valence-electron chi connectivity index (χ2n) is 9.63. The molecule has 0 unspecified atom stereocenters. The van der Waals surface area contributed by atoms with Crippen LogP contribution in [0.1, 0.15) is 19.7 Å². The first kappa shape index (κ1) is 25.8. The van der Waals surface area contributed by atoms with Gasteiger partial charge in [0.2, 0.25) is 11.7 Å². The Morgan fingerprint density at radius 1 is 1.00 bits per heavy atom. The van der Waals surface area contributed by atoms with Crippen molar-refractivity contribution >= 4 is 8.07 Å². The van der Waals surface area contributed by atoms with E-state index < -0.39 is 20.1 Å². The van der Waals surface area contributed by atoms with Crippen LogP contribution in [0.3, 0.4) is 0 Å². The lowest BCUT2D eigenvalue weighted by molar-refractivity contribution is -0.150. The van der Waals surface area contributed by atoms with Crippen molar-refractivity contribution in [2.24, 2.45) is 5.92 Å². The van der Waals surface area contributed by atoms with Crippen LogP contribution < -0.4 is 4.74 Å². The van der Waals surface area contributed by atoms with Gasteiger partial charge >= 0.3 is 6.18 Å². The first-order valence-electron chi connectivity index (χ1n) is 11.1. The van der Waals surface area contributed by atoms with E-state index in [4.69, 9.17) is 9.47 Å². The third kappa shape index (κ3) is 7.36. The van der Waals surface area contributed by atoms with E-state index in [0.29, 0.717) is 36.3 Å². The van der Waals surface area contributed by atoms with Gasteiger partial charge in [-0.25, -0.2) is 14.6 Å². The number of hydrogen-bond acceptors (Lipinski definition) is 6. The zero-order valence-electron chi connectivity index (χ0n) is 20.1. The summed E-state index contributed by atoms with van der Waals surface area (Å²) in [5.74, 6) is -0.241. The molecule has 0 saturated heterocycles. The Bertz CT molecular complexity index is 1060. The van der Waals surface area contributed by atoms with Gasteiger partial charge < -0.3 is 9.47 Å². The van der Waals surface area contributed by atoms with Crippen molar-refractivity contribution in [2.75, 3.05) is 13.2 Å². The fourth-order valence-corrected chi connectivity index (χ4v) is 3.62. The lowest BCUT2D eigenvalue weighted by atomic mass is 10.1. The Morgan fingerprint density at radius 2 is 1.71 bits per heavy atom.